The highest BCUT2D eigenvalue weighted by atomic mass is 16.5. The molecule has 2 aromatic rings. The van der Waals surface area contributed by atoms with Gasteiger partial charge in [-0.05, 0) is 56.2 Å². The summed E-state index contributed by atoms with van der Waals surface area (Å²) in [4.78, 5) is 35.2. The third-order valence-corrected chi connectivity index (χ3v) is 4.19. The number of amides is 2. The molecule has 1 aliphatic carbocycles. The Labute approximate surface area is 167 Å². The fourth-order valence-electron chi connectivity index (χ4n) is 2.64. The summed E-state index contributed by atoms with van der Waals surface area (Å²) in [5.74, 6) is -0.870. The number of carbonyl (C=O) groups is 3. The van der Waals surface area contributed by atoms with E-state index in [1.54, 1.807) is 31.2 Å². The Balaban J connectivity index is 1.70. The highest BCUT2D eigenvalue weighted by Crippen LogP contribution is 2.31. The predicted octanol–water partition coefficient (Wildman–Crippen LogP) is 3.15. The van der Waals surface area contributed by atoms with Crippen molar-refractivity contribution in [2.45, 2.75) is 19.8 Å². The maximum Gasteiger partial charge on any atom is 0.341 e. The summed E-state index contributed by atoms with van der Waals surface area (Å²) in [5.41, 5.74) is 1.48. The molecule has 1 saturated carbocycles. The van der Waals surface area contributed by atoms with E-state index in [2.05, 4.69) is 10.6 Å². The lowest BCUT2D eigenvalue weighted by atomic mass is 10.1. The fourth-order valence-corrected chi connectivity index (χ4v) is 2.64. The van der Waals surface area contributed by atoms with Gasteiger partial charge in [-0.2, -0.15) is 0 Å². The average molecular weight is 398 g/mol. The maximum absolute atomic E-state index is 12.6. The second-order valence-corrected chi connectivity index (χ2v) is 6.58. The van der Waals surface area contributed by atoms with Gasteiger partial charge in [-0.1, -0.05) is 6.07 Å². The van der Waals surface area contributed by atoms with E-state index in [0.717, 1.165) is 12.8 Å². The Hall–Kier alpha value is -3.55. The molecule has 8 heteroatoms. The van der Waals surface area contributed by atoms with Gasteiger partial charge >= 0.3 is 5.97 Å². The minimum atomic E-state index is -1.11. The van der Waals surface area contributed by atoms with Crippen molar-refractivity contribution < 1.29 is 29.0 Å². The van der Waals surface area contributed by atoms with Crippen LogP contribution >= 0.6 is 0 Å². The fraction of sp³-hybridized carbons (Fsp3) is 0.286. The van der Waals surface area contributed by atoms with Crippen LogP contribution in [0.3, 0.4) is 0 Å². The molecule has 0 spiro atoms. The third-order valence-electron chi connectivity index (χ3n) is 4.19. The zero-order valence-electron chi connectivity index (χ0n) is 15.9. The summed E-state index contributed by atoms with van der Waals surface area (Å²) >= 11 is 0. The van der Waals surface area contributed by atoms with Crippen molar-refractivity contribution in [3.8, 4) is 11.5 Å². The average Bonchev–Trinajstić information content (AvgIpc) is 3.52. The molecule has 8 nitrogen and oxygen atoms in total. The Bertz CT molecular complexity index is 923. The van der Waals surface area contributed by atoms with E-state index in [-0.39, 0.29) is 29.2 Å². The minimum Gasteiger partial charge on any atom is -0.490 e. The minimum absolute atomic E-state index is 0.00761. The number of carboxylic acids is 1. The zero-order valence-corrected chi connectivity index (χ0v) is 15.9. The van der Waals surface area contributed by atoms with Crippen LogP contribution in [-0.2, 0) is 9.59 Å². The smallest absolute Gasteiger partial charge is 0.341 e. The molecule has 0 bridgehead atoms. The number of carbonyl (C=O) groups excluding carboxylic acids is 2. The first kappa shape index (κ1) is 20.2. The molecule has 3 rings (SSSR count). The van der Waals surface area contributed by atoms with Gasteiger partial charge in [0.25, 0.3) is 5.91 Å². The molecule has 152 valence electrons. The van der Waals surface area contributed by atoms with Crippen LogP contribution in [-0.4, -0.2) is 36.1 Å². The normalized spacial score (nSPS) is 12.7. The van der Waals surface area contributed by atoms with E-state index in [9.17, 15) is 14.4 Å². The number of anilines is 2. The van der Waals surface area contributed by atoms with Crippen LogP contribution in [0.2, 0.25) is 0 Å². The lowest BCUT2D eigenvalue weighted by Gasteiger charge is -2.13. The maximum atomic E-state index is 12.6. The number of ether oxygens (including phenoxy) is 2. The second-order valence-electron chi connectivity index (χ2n) is 6.58. The number of rotatable bonds is 9. The quantitative estimate of drug-likeness (QED) is 0.598. The summed E-state index contributed by atoms with van der Waals surface area (Å²) in [7, 11) is 0. The molecular formula is C21H22N2O6. The predicted molar refractivity (Wildman–Crippen MR) is 106 cm³/mol. The van der Waals surface area contributed by atoms with E-state index >= 15 is 0 Å². The van der Waals surface area contributed by atoms with Gasteiger partial charge in [-0.25, -0.2) is 4.79 Å². The van der Waals surface area contributed by atoms with E-state index in [1.807, 2.05) is 0 Å². The van der Waals surface area contributed by atoms with Gasteiger partial charge in [0.1, 0.15) is 0 Å². The Morgan fingerprint density at radius 2 is 1.72 bits per heavy atom. The summed E-state index contributed by atoms with van der Waals surface area (Å²) in [5, 5.41) is 14.4. The SMILES string of the molecule is CCOc1cc(C(=O)Nc2cccc(NC(=O)C3CC3)c2)ccc1OCC(=O)O. The topological polar surface area (TPSA) is 114 Å². The molecule has 0 radical (unpaired) electrons. The summed E-state index contributed by atoms with van der Waals surface area (Å²) in [6.07, 6.45) is 1.83. The first-order valence-electron chi connectivity index (χ1n) is 9.30. The second kappa shape index (κ2) is 9.09. The summed E-state index contributed by atoms with van der Waals surface area (Å²) in [6.45, 7) is 1.59. The molecule has 3 N–H and O–H groups in total. The van der Waals surface area contributed by atoms with Crippen LogP contribution in [0.5, 0.6) is 11.5 Å². The van der Waals surface area contributed by atoms with Crippen molar-refractivity contribution >= 4 is 29.2 Å². The molecule has 1 aliphatic rings. The zero-order chi connectivity index (χ0) is 20.8. The van der Waals surface area contributed by atoms with E-state index in [0.29, 0.717) is 23.5 Å². The number of carboxylic acid groups (broad SMARTS) is 1. The standard InChI is InChI=1S/C21H22N2O6/c1-2-28-18-10-14(8-9-17(18)29-12-19(24)25)21(27)23-16-5-3-4-15(11-16)22-20(26)13-6-7-13/h3-5,8-11,13H,2,6-7,12H2,1H3,(H,22,26)(H,23,27)(H,24,25). The summed E-state index contributed by atoms with van der Waals surface area (Å²) in [6, 6.07) is 11.4. The molecular weight excluding hydrogens is 376 g/mol. The van der Waals surface area contributed by atoms with Gasteiger partial charge < -0.3 is 25.2 Å². The number of hydrogen-bond donors (Lipinski definition) is 3. The van der Waals surface area contributed by atoms with Gasteiger partial charge in [0, 0.05) is 22.9 Å². The number of benzene rings is 2. The third kappa shape index (κ3) is 5.71. The first-order chi connectivity index (χ1) is 14.0. The molecule has 0 aromatic heterocycles. The lowest BCUT2D eigenvalue weighted by molar-refractivity contribution is -0.139. The number of hydrogen-bond acceptors (Lipinski definition) is 5. The van der Waals surface area contributed by atoms with Crippen LogP contribution in [0.1, 0.15) is 30.1 Å². The Kier molecular flexibility index (Phi) is 6.33. The highest BCUT2D eigenvalue weighted by molar-refractivity contribution is 6.05. The molecule has 0 unspecified atom stereocenters. The van der Waals surface area contributed by atoms with E-state index in [4.69, 9.17) is 14.6 Å². The van der Waals surface area contributed by atoms with Gasteiger partial charge in [0.15, 0.2) is 18.1 Å². The molecule has 2 aromatic carbocycles. The first-order valence-corrected chi connectivity index (χ1v) is 9.30. The van der Waals surface area contributed by atoms with Crippen molar-refractivity contribution in [3.05, 3.63) is 48.0 Å². The number of nitrogens with one attached hydrogen (secondary N) is 2. The van der Waals surface area contributed by atoms with Crippen molar-refractivity contribution in [2.24, 2.45) is 5.92 Å². The molecule has 1 fully saturated rings. The van der Waals surface area contributed by atoms with Crippen LogP contribution in [0.15, 0.2) is 42.5 Å². The van der Waals surface area contributed by atoms with Crippen LogP contribution in [0.4, 0.5) is 11.4 Å². The molecule has 0 saturated heterocycles. The van der Waals surface area contributed by atoms with Crippen molar-refractivity contribution in [3.63, 3.8) is 0 Å². The van der Waals surface area contributed by atoms with Gasteiger partial charge in [0.05, 0.1) is 6.61 Å². The summed E-state index contributed by atoms with van der Waals surface area (Å²) < 4.78 is 10.6. The highest BCUT2D eigenvalue weighted by Gasteiger charge is 2.29. The largest absolute Gasteiger partial charge is 0.490 e. The molecule has 0 atom stereocenters. The Morgan fingerprint density at radius 1 is 1.00 bits per heavy atom. The Morgan fingerprint density at radius 3 is 2.38 bits per heavy atom. The molecule has 2 amide bonds. The van der Waals surface area contributed by atoms with E-state index < -0.39 is 12.6 Å². The van der Waals surface area contributed by atoms with Crippen molar-refractivity contribution in [1.29, 1.82) is 0 Å². The molecule has 0 aliphatic heterocycles. The van der Waals surface area contributed by atoms with Crippen LogP contribution < -0.4 is 20.1 Å². The molecule has 0 heterocycles. The molecule has 29 heavy (non-hydrogen) atoms. The lowest BCUT2D eigenvalue weighted by Crippen LogP contribution is -2.15. The van der Waals surface area contributed by atoms with Crippen molar-refractivity contribution in [1.82, 2.24) is 0 Å². The van der Waals surface area contributed by atoms with Gasteiger partial charge in [-0.15, -0.1) is 0 Å². The van der Waals surface area contributed by atoms with Gasteiger partial charge in [0.2, 0.25) is 5.91 Å². The van der Waals surface area contributed by atoms with Crippen molar-refractivity contribution in [2.75, 3.05) is 23.8 Å². The number of aliphatic carboxylic acids is 1. The van der Waals surface area contributed by atoms with Gasteiger partial charge in [-0.3, -0.25) is 9.59 Å². The van der Waals surface area contributed by atoms with E-state index in [1.165, 1.54) is 18.2 Å². The van der Waals surface area contributed by atoms with Crippen LogP contribution in [0.25, 0.3) is 0 Å². The monoisotopic (exact) mass is 398 g/mol. The van der Waals surface area contributed by atoms with Crippen LogP contribution in [0, 0.1) is 5.92 Å².